The predicted octanol–water partition coefficient (Wildman–Crippen LogP) is -1.69. The molecule has 1 rings (SSSR count). The van der Waals surface area contributed by atoms with Crippen molar-refractivity contribution >= 4 is 20.0 Å². The van der Waals surface area contributed by atoms with Crippen molar-refractivity contribution in [2.75, 3.05) is 12.3 Å². The third-order valence-corrected chi connectivity index (χ3v) is 3.89. The number of nitrogens with one attached hydrogen (secondary N) is 1. The van der Waals surface area contributed by atoms with Gasteiger partial charge >= 0.3 is 0 Å². The second kappa shape index (κ2) is 5.14. The van der Waals surface area contributed by atoms with Gasteiger partial charge in [0, 0.05) is 6.54 Å². The van der Waals surface area contributed by atoms with Crippen LogP contribution in [0.3, 0.4) is 0 Å². The van der Waals surface area contributed by atoms with Crippen molar-refractivity contribution in [1.29, 1.82) is 0 Å². The zero-order valence-corrected chi connectivity index (χ0v) is 10.4. The average molecular weight is 283 g/mol. The van der Waals surface area contributed by atoms with Crippen LogP contribution in [0.1, 0.15) is 5.76 Å². The molecule has 0 spiro atoms. The first-order chi connectivity index (χ1) is 7.74. The maximum Gasteiger partial charge on any atom is 0.273 e. The molecule has 1 aromatic rings. The number of hydrogen-bond acceptors (Lipinski definition) is 6. The molecule has 0 amide bonds. The van der Waals surface area contributed by atoms with E-state index in [1.807, 2.05) is 4.72 Å². The average Bonchev–Trinajstić information content (AvgIpc) is 2.63. The molecule has 0 aliphatic rings. The van der Waals surface area contributed by atoms with Gasteiger partial charge in [0.05, 0.1) is 12.3 Å². The lowest BCUT2D eigenvalue weighted by molar-refractivity contribution is 0.413. The summed E-state index contributed by atoms with van der Waals surface area (Å²) in [5.74, 6) is -0.173. The molecule has 5 N–H and O–H groups in total. The zero-order valence-electron chi connectivity index (χ0n) is 8.79. The van der Waals surface area contributed by atoms with Gasteiger partial charge in [-0.15, -0.1) is 0 Å². The van der Waals surface area contributed by atoms with E-state index in [4.69, 9.17) is 15.3 Å². The van der Waals surface area contributed by atoms with Crippen LogP contribution < -0.4 is 15.6 Å². The molecule has 0 aliphatic heterocycles. The predicted molar refractivity (Wildman–Crippen MR) is 59.8 cm³/mol. The molecule has 17 heavy (non-hydrogen) atoms. The molecule has 0 saturated heterocycles. The molecular formula is C7H13N3O5S2. The van der Waals surface area contributed by atoms with Gasteiger partial charge in [0.1, 0.15) is 5.76 Å². The van der Waals surface area contributed by atoms with Crippen molar-refractivity contribution in [3.63, 3.8) is 0 Å². The molecule has 0 atom stereocenters. The fourth-order valence-electron chi connectivity index (χ4n) is 1.00. The highest BCUT2D eigenvalue weighted by Crippen LogP contribution is 2.12. The van der Waals surface area contributed by atoms with Crippen molar-refractivity contribution < 1.29 is 21.3 Å². The van der Waals surface area contributed by atoms with Crippen LogP contribution >= 0.6 is 0 Å². The van der Waals surface area contributed by atoms with E-state index in [0.29, 0.717) is 5.76 Å². The zero-order chi connectivity index (χ0) is 13.1. The first-order valence-electron chi connectivity index (χ1n) is 4.53. The normalized spacial score (nSPS) is 12.8. The second-order valence-corrected chi connectivity index (χ2v) is 6.62. The van der Waals surface area contributed by atoms with Crippen LogP contribution in [0.5, 0.6) is 0 Å². The summed E-state index contributed by atoms with van der Waals surface area (Å²) < 4.78 is 51.3. The minimum Gasteiger partial charge on any atom is -0.447 e. The topological polar surface area (TPSA) is 145 Å². The summed E-state index contributed by atoms with van der Waals surface area (Å²) in [6, 6.07) is 2.66. The van der Waals surface area contributed by atoms with Crippen LogP contribution in [0, 0.1) is 0 Å². The van der Waals surface area contributed by atoms with Crippen molar-refractivity contribution in [1.82, 2.24) is 4.72 Å². The van der Waals surface area contributed by atoms with E-state index >= 15 is 0 Å². The monoisotopic (exact) mass is 283 g/mol. The van der Waals surface area contributed by atoms with Crippen LogP contribution in [-0.4, -0.2) is 29.1 Å². The van der Waals surface area contributed by atoms with Crippen molar-refractivity contribution in [2.24, 2.45) is 10.9 Å². The highest BCUT2D eigenvalue weighted by atomic mass is 32.2. The van der Waals surface area contributed by atoms with Gasteiger partial charge in [0.15, 0.2) is 0 Å². The number of furan rings is 1. The molecule has 0 saturated carbocycles. The summed E-state index contributed by atoms with van der Waals surface area (Å²) in [7, 11) is -7.57. The minimum atomic E-state index is -3.86. The Bertz CT molecular complexity index is 574. The molecule has 1 heterocycles. The Morgan fingerprint density at radius 1 is 1.24 bits per heavy atom. The van der Waals surface area contributed by atoms with Crippen molar-refractivity contribution in [2.45, 2.75) is 11.6 Å². The van der Waals surface area contributed by atoms with Crippen molar-refractivity contribution in [3.8, 4) is 0 Å². The van der Waals surface area contributed by atoms with Gasteiger partial charge in [-0.1, -0.05) is 0 Å². The molecule has 8 nitrogen and oxygen atoms in total. The van der Waals surface area contributed by atoms with Gasteiger partial charge < -0.3 is 10.2 Å². The molecule has 0 aromatic carbocycles. The first kappa shape index (κ1) is 14.1. The highest BCUT2D eigenvalue weighted by Gasteiger charge is 2.18. The summed E-state index contributed by atoms with van der Waals surface area (Å²) in [4.78, 5) is 0. The number of primary sulfonamides is 1. The molecule has 0 aliphatic carbocycles. The molecule has 0 unspecified atom stereocenters. The smallest absolute Gasteiger partial charge is 0.273 e. The van der Waals surface area contributed by atoms with E-state index in [9.17, 15) is 16.8 Å². The van der Waals surface area contributed by atoms with Gasteiger partial charge in [-0.3, -0.25) is 0 Å². The quantitative estimate of drug-likeness (QED) is 0.567. The van der Waals surface area contributed by atoms with E-state index in [1.54, 1.807) is 0 Å². The molecule has 0 radical (unpaired) electrons. The van der Waals surface area contributed by atoms with Crippen LogP contribution in [0.15, 0.2) is 21.6 Å². The number of rotatable bonds is 6. The lowest BCUT2D eigenvalue weighted by Crippen LogP contribution is -2.31. The Kier molecular flexibility index (Phi) is 4.27. The van der Waals surface area contributed by atoms with E-state index in [-0.39, 0.29) is 18.2 Å². The lowest BCUT2D eigenvalue weighted by Gasteiger charge is -2.02. The Labute approximate surface area is 99.1 Å². The second-order valence-electron chi connectivity index (χ2n) is 3.19. The Hall–Kier alpha value is -0.940. The van der Waals surface area contributed by atoms with Crippen LogP contribution in [0.4, 0.5) is 0 Å². The summed E-state index contributed by atoms with van der Waals surface area (Å²) in [5, 5.41) is 4.41. The fraction of sp³-hybridized carbons (Fsp3) is 0.429. The van der Waals surface area contributed by atoms with Gasteiger partial charge in [-0.05, 0) is 12.1 Å². The SMILES string of the molecule is NCc1ccc(S(=O)(=O)NCCS(N)(=O)=O)o1. The van der Waals surface area contributed by atoms with Crippen LogP contribution in [0.25, 0.3) is 0 Å². The molecule has 10 heteroatoms. The lowest BCUT2D eigenvalue weighted by atomic mass is 10.5. The Morgan fingerprint density at radius 3 is 2.35 bits per heavy atom. The van der Waals surface area contributed by atoms with Gasteiger partial charge in [-0.25, -0.2) is 26.7 Å². The molecule has 98 valence electrons. The summed E-state index contributed by atoms with van der Waals surface area (Å²) in [5.41, 5.74) is 5.26. The maximum absolute atomic E-state index is 11.6. The molecular weight excluding hydrogens is 270 g/mol. The maximum atomic E-state index is 11.6. The summed E-state index contributed by atoms with van der Waals surface area (Å²) in [6.45, 7) is -0.244. The number of hydrogen-bond donors (Lipinski definition) is 3. The molecule has 0 fully saturated rings. The van der Waals surface area contributed by atoms with E-state index in [2.05, 4.69) is 0 Å². The third kappa shape index (κ3) is 4.44. The molecule has 0 bridgehead atoms. The van der Waals surface area contributed by atoms with Gasteiger partial charge in [0.2, 0.25) is 15.1 Å². The Morgan fingerprint density at radius 2 is 1.88 bits per heavy atom. The summed E-state index contributed by atoms with van der Waals surface area (Å²) in [6.07, 6.45) is 0. The minimum absolute atomic E-state index is 0.0761. The van der Waals surface area contributed by atoms with Gasteiger partial charge in [-0.2, -0.15) is 0 Å². The standard InChI is InChI=1S/C7H13N3O5S2/c8-5-6-1-2-7(15-6)17(13,14)10-3-4-16(9,11)12/h1-2,10H,3-5,8H2,(H2,9,11,12). The van der Waals surface area contributed by atoms with Crippen LogP contribution in [-0.2, 0) is 26.6 Å². The third-order valence-electron chi connectivity index (χ3n) is 1.78. The Balaban J connectivity index is 2.69. The largest absolute Gasteiger partial charge is 0.447 e. The summed E-state index contributed by atoms with van der Waals surface area (Å²) >= 11 is 0. The van der Waals surface area contributed by atoms with Crippen LogP contribution in [0.2, 0.25) is 0 Å². The first-order valence-corrected chi connectivity index (χ1v) is 7.73. The van der Waals surface area contributed by atoms with E-state index in [0.717, 1.165) is 0 Å². The fourth-order valence-corrected chi connectivity index (χ4v) is 2.49. The van der Waals surface area contributed by atoms with Crippen molar-refractivity contribution in [3.05, 3.63) is 17.9 Å². The van der Waals surface area contributed by atoms with E-state index < -0.39 is 25.8 Å². The number of sulfonamides is 2. The highest BCUT2D eigenvalue weighted by molar-refractivity contribution is 7.90. The van der Waals surface area contributed by atoms with Gasteiger partial charge in [0.25, 0.3) is 10.0 Å². The number of nitrogens with two attached hydrogens (primary N) is 2. The molecule has 1 aromatic heterocycles. The van der Waals surface area contributed by atoms with E-state index in [1.165, 1.54) is 12.1 Å².